The Morgan fingerprint density at radius 2 is 2.25 bits per heavy atom. The summed E-state index contributed by atoms with van der Waals surface area (Å²) in [7, 11) is 1.41. The van der Waals surface area contributed by atoms with E-state index in [0.29, 0.717) is 24.6 Å². The number of nitrogens with zero attached hydrogens (tertiary/aromatic N) is 2. The molecular formula is C19H21FN2O2. The van der Waals surface area contributed by atoms with Gasteiger partial charge in [-0.25, -0.2) is 4.39 Å². The average Bonchev–Trinajstić information content (AvgIpc) is 2.62. The van der Waals surface area contributed by atoms with Crippen molar-refractivity contribution in [2.45, 2.75) is 19.3 Å². The van der Waals surface area contributed by atoms with Crippen LogP contribution in [0.5, 0.6) is 5.75 Å². The van der Waals surface area contributed by atoms with E-state index in [1.165, 1.54) is 19.2 Å². The zero-order valence-corrected chi connectivity index (χ0v) is 13.7. The van der Waals surface area contributed by atoms with E-state index in [-0.39, 0.29) is 11.7 Å². The molecule has 0 spiro atoms. The Morgan fingerprint density at radius 3 is 2.96 bits per heavy atom. The van der Waals surface area contributed by atoms with Crippen molar-refractivity contribution in [2.24, 2.45) is 5.92 Å². The second kappa shape index (κ2) is 7.43. The maximum Gasteiger partial charge on any atom is 0.253 e. The number of hydrogen-bond acceptors (Lipinski definition) is 3. The topological polar surface area (TPSA) is 42.4 Å². The molecule has 1 fully saturated rings. The number of carbonyl (C=O) groups is 1. The molecule has 0 saturated carbocycles. The van der Waals surface area contributed by atoms with Crippen molar-refractivity contribution in [3.8, 4) is 5.75 Å². The van der Waals surface area contributed by atoms with E-state index in [4.69, 9.17) is 4.74 Å². The number of likely N-dealkylation sites (tertiary alicyclic amines) is 1. The average molecular weight is 328 g/mol. The van der Waals surface area contributed by atoms with Crippen LogP contribution in [-0.4, -0.2) is 36.0 Å². The minimum Gasteiger partial charge on any atom is -0.494 e. The fraction of sp³-hybridized carbons (Fsp3) is 0.368. The number of piperidine rings is 1. The zero-order chi connectivity index (χ0) is 16.9. The maximum absolute atomic E-state index is 13.8. The van der Waals surface area contributed by atoms with Crippen LogP contribution in [0, 0.1) is 11.7 Å². The molecule has 4 nitrogen and oxygen atoms in total. The third-order valence-electron chi connectivity index (χ3n) is 4.43. The normalized spacial score (nSPS) is 17.6. The van der Waals surface area contributed by atoms with Crippen LogP contribution < -0.4 is 4.74 Å². The van der Waals surface area contributed by atoms with Crippen LogP contribution in [0.25, 0.3) is 0 Å². The largest absolute Gasteiger partial charge is 0.494 e. The van der Waals surface area contributed by atoms with Crippen LogP contribution in [0.4, 0.5) is 4.39 Å². The number of hydrogen-bond donors (Lipinski definition) is 0. The van der Waals surface area contributed by atoms with E-state index < -0.39 is 5.82 Å². The first-order valence-electron chi connectivity index (χ1n) is 8.20. The van der Waals surface area contributed by atoms with Gasteiger partial charge in [-0.05, 0) is 55.5 Å². The molecule has 1 aliphatic rings. The minimum atomic E-state index is -0.509. The fourth-order valence-electron chi connectivity index (χ4n) is 3.21. The molecule has 0 N–H and O–H groups in total. The highest BCUT2D eigenvalue weighted by Crippen LogP contribution is 2.23. The molecule has 1 aliphatic heterocycles. The summed E-state index contributed by atoms with van der Waals surface area (Å²) in [5.74, 6) is -0.0911. The molecule has 126 valence electrons. The molecule has 1 aromatic carbocycles. The van der Waals surface area contributed by atoms with E-state index in [1.807, 2.05) is 23.1 Å². The van der Waals surface area contributed by atoms with Crippen LogP contribution >= 0.6 is 0 Å². The zero-order valence-electron chi connectivity index (χ0n) is 13.7. The molecule has 0 unspecified atom stereocenters. The molecule has 2 heterocycles. The Balaban J connectivity index is 1.67. The summed E-state index contributed by atoms with van der Waals surface area (Å²) < 4.78 is 18.7. The van der Waals surface area contributed by atoms with Gasteiger partial charge in [0.05, 0.1) is 7.11 Å². The van der Waals surface area contributed by atoms with Crippen LogP contribution in [0.15, 0.2) is 42.6 Å². The predicted octanol–water partition coefficient (Wildman–Crippen LogP) is 3.32. The molecule has 5 heteroatoms. The number of carbonyl (C=O) groups excluding carboxylic acids is 1. The highest BCUT2D eigenvalue weighted by atomic mass is 19.1. The highest BCUT2D eigenvalue weighted by molar-refractivity contribution is 5.94. The van der Waals surface area contributed by atoms with Crippen molar-refractivity contribution in [1.82, 2.24) is 9.88 Å². The van der Waals surface area contributed by atoms with Gasteiger partial charge in [0.25, 0.3) is 5.91 Å². The lowest BCUT2D eigenvalue weighted by Gasteiger charge is -2.32. The first-order valence-corrected chi connectivity index (χ1v) is 8.20. The number of pyridine rings is 1. The Labute approximate surface area is 141 Å². The van der Waals surface area contributed by atoms with Gasteiger partial charge in [-0.2, -0.15) is 0 Å². The first-order chi connectivity index (χ1) is 11.7. The predicted molar refractivity (Wildman–Crippen MR) is 89.5 cm³/mol. The van der Waals surface area contributed by atoms with Crippen molar-refractivity contribution >= 4 is 5.91 Å². The quantitative estimate of drug-likeness (QED) is 0.864. The summed E-state index contributed by atoms with van der Waals surface area (Å²) in [5, 5.41) is 0. The molecule has 0 aliphatic carbocycles. The van der Waals surface area contributed by atoms with Gasteiger partial charge in [0, 0.05) is 30.5 Å². The summed E-state index contributed by atoms with van der Waals surface area (Å²) >= 11 is 0. The second-order valence-corrected chi connectivity index (χ2v) is 6.13. The lowest BCUT2D eigenvalue weighted by atomic mass is 9.92. The molecule has 0 bridgehead atoms. The molecule has 3 rings (SSSR count). The van der Waals surface area contributed by atoms with Crippen LogP contribution in [0.3, 0.4) is 0 Å². The Kier molecular flexibility index (Phi) is 5.08. The Hall–Kier alpha value is -2.43. The van der Waals surface area contributed by atoms with E-state index >= 15 is 0 Å². The number of aromatic nitrogens is 1. The Morgan fingerprint density at radius 1 is 1.38 bits per heavy atom. The van der Waals surface area contributed by atoms with E-state index in [9.17, 15) is 9.18 Å². The van der Waals surface area contributed by atoms with Crippen LogP contribution in [0.1, 0.15) is 28.9 Å². The van der Waals surface area contributed by atoms with Gasteiger partial charge in [-0.1, -0.05) is 6.07 Å². The number of halogens is 1. The SMILES string of the molecule is COc1ccc(C(=O)N2CCC[C@@H](Cc3ccccn3)C2)cc1F. The van der Waals surface area contributed by atoms with Gasteiger partial charge in [-0.3, -0.25) is 9.78 Å². The molecule has 2 aromatic rings. The number of benzene rings is 1. The summed E-state index contributed by atoms with van der Waals surface area (Å²) in [6.07, 6.45) is 4.70. The molecule has 1 amide bonds. The van der Waals surface area contributed by atoms with Gasteiger partial charge in [0.1, 0.15) is 0 Å². The monoisotopic (exact) mass is 328 g/mol. The lowest BCUT2D eigenvalue weighted by molar-refractivity contribution is 0.0672. The number of methoxy groups -OCH3 is 1. The van der Waals surface area contributed by atoms with Crippen molar-refractivity contribution in [2.75, 3.05) is 20.2 Å². The molecular weight excluding hydrogens is 307 g/mol. The minimum absolute atomic E-state index is 0.123. The van der Waals surface area contributed by atoms with Gasteiger partial charge in [-0.15, -0.1) is 0 Å². The first kappa shape index (κ1) is 16.4. The standard InChI is InChI=1S/C19H21FN2O2/c1-24-18-8-7-15(12-17(18)20)19(23)22-10-4-5-14(13-22)11-16-6-2-3-9-21-16/h2-3,6-9,12,14H,4-5,10-11,13H2,1H3/t14-/m0/s1. The van der Waals surface area contributed by atoms with Crippen molar-refractivity contribution in [3.05, 3.63) is 59.7 Å². The van der Waals surface area contributed by atoms with Crippen molar-refractivity contribution < 1.29 is 13.9 Å². The second-order valence-electron chi connectivity index (χ2n) is 6.13. The molecule has 0 radical (unpaired) electrons. The summed E-state index contributed by atoms with van der Waals surface area (Å²) in [5.41, 5.74) is 1.42. The molecule has 24 heavy (non-hydrogen) atoms. The third kappa shape index (κ3) is 3.72. The summed E-state index contributed by atoms with van der Waals surface area (Å²) in [4.78, 5) is 18.8. The summed E-state index contributed by atoms with van der Waals surface area (Å²) in [6, 6.07) is 10.3. The fourth-order valence-corrected chi connectivity index (χ4v) is 3.21. The van der Waals surface area contributed by atoms with Gasteiger partial charge >= 0.3 is 0 Å². The van der Waals surface area contributed by atoms with Gasteiger partial charge < -0.3 is 9.64 Å². The Bertz CT molecular complexity index is 706. The molecule has 1 aromatic heterocycles. The summed E-state index contributed by atoms with van der Waals surface area (Å²) in [6.45, 7) is 1.40. The van der Waals surface area contributed by atoms with Crippen molar-refractivity contribution in [3.63, 3.8) is 0 Å². The smallest absolute Gasteiger partial charge is 0.253 e. The van der Waals surface area contributed by atoms with Crippen molar-refractivity contribution in [1.29, 1.82) is 0 Å². The lowest BCUT2D eigenvalue weighted by Crippen LogP contribution is -2.40. The van der Waals surface area contributed by atoms with Crippen LogP contribution in [0.2, 0.25) is 0 Å². The molecule has 1 saturated heterocycles. The maximum atomic E-state index is 13.8. The number of rotatable bonds is 4. The van der Waals surface area contributed by atoms with E-state index in [0.717, 1.165) is 25.0 Å². The number of amides is 1. The number of ether oxygens (including phenoxy) is 1. The van der Waals surface area contributed by atoms with E-state index in [2.05, 4.69) is 4.98 Å². The highest BCUT2D eigenvalue weighted by Gasteiger charge is 2.25. The molecule has 1 atom stereocenters. The van der Waals surface area contributed by atoms with Gasteiger partial charge in [0.15, 0.2) is 11.6 Å². The van der Waals surface area contributed by atoms with Gasteiger partial charge in [0.2, 0.25) is 0 Å². The van der Waals surface area contributed by atoms with E-state index in [1.54, 1.807) is 12.3 Å². The third-order valence-corrected chi connectivity index (χ3v) is 4.43. The van der Waals surface area contributed by atoms with Crippen LogP contribution in [-0.2, 0) is 6.42 Å².